The van der Waals surface area contributed by atoms with Gasteiger partial charge in [-0.2, -0.15) is 0 Å². The number of hydrogen-bond donors (Lipinski definition) is 2. The van der Waals surface area contributed by atoms with Gasteiger partial charge in [-0.25, -0.2) is 9.78 Å². The number of nitrogens with zero attached hydrogens (tertiary/aromatic N) is 2. The van der Waals surface area contributed by atoms with Crippen LogP contribution in [0, 0.1) is 0 Å². The largest absolute Gasteiger partial charge is 0.478 e. The van der Waals surface area contributed by atoms with Crippen LogP contribution in [0.3, 0.4) is 0 Å². The zero-order valence-electron chi connectivity index (χ0n) is 9.50. The lowest BCUT2D eigenvalue weighted by Crippen LogP contribution is -2.13. The van der Waals surface area contributed by atoms with Crippen LogP contribution in [0.1, 0.15) is 20.7 Å². The molecule has 6 nitrogen and oxygen atoms in total. The van der Waals surface area contributed by atoms with Gasteiger partial charge < -0.3 is 10.4 Å². The topological polar surface area (TPSA) is 92.2 Å². The highest BCUT2D eigenvalue weighted by molar-refractivity contribution is 9.10. The van der Waals surface area contributed by atoms with Crippen LogP contribution >= 0.6 is 15.9 Å². The molecule has 2 rings (SSSR count). The summed E-state index contributed by atoms with van der Waals surface area (Å²) < 4.78 is 0.674. The fourth-order valence-corrected chi connectivity index (χ4v) is 1.72. The first-order valence-corrected chi connectivity index (χ1v) is 5.97. The van der Waals surface area contributed by atoms with Crippen LogP contribution in [0.15, 0.2) is 41.3 Å². The van der Waals surface area contributed by atoms with E-state index in [1.807, 2.05) is 0 Å². The Morgan fingerprint density at radius 2 is 2.00 bits per heavy atom. The van der Waals surface area contributed by atoms with Gasteiger partial charge in [0.25, 0.3) is 5.91 Å². The van der Waals surface area contributed by atoms with E-state index in [2.05, 4.69) is 31.2 Å². The second kappa shape index (κ2) is 5.57. The molecule has 1 amide bonds. The van der Waals surface area contributed by atoms with Crippen molar-refractivity contribution >= 4 is 33.6 Å². The van der Waals surface area contributed by atoms with Crippen molar-refractivity contribution < 1.29 is 14.7 Å². The number of nitrogens with one attached hydrogen (secondary N) is 1. The molecule has 96 valence electrons. The molecule has 0 aliphatic carbocycles. The third kappa shape index (κ3) is 3.35. The zero-order valence-corrected chi connectivity index (χ0v) is 11.1. The van der Waals surface area contributed by atoms with Crippen LogP contribution in [-0.4, -0.2) is 27.0 Å². The summed E-state index contributed by atoms with van der Waals surface area (Å²) >= 11 is 3.21. The van der Waals surface area contributed by atoms with Gasteiger partial charge in [0.05, 0.1) is 11.1 Å². The summed E-state index contributed by atoms with van der Waals surface area (Å²) in [4.78, 5) is 30.4. The van der Waals surface area contributed by atoms with Crippen molar-refractivity contribution in [3.8, 4) is 0 Å². The first kappa shape index (κ1) is 13.2. The van der Waals surface area contributed by atoms with E-state index >= 15 is 0 Å². The number of rotatable bonds is 3. The Bertz CT molecular complexity index is 646. The van der Waals surface area contributed by atoms with E-state index in [9.17, 15) is 9.59 Å². The van der Waals surface area contributed by atoms with E-state index < -0.39 is 11.9 Å². The molecule has 0 aliphatic rings. The number of amides is 1. The van der Waals surface area contributed by atoms with Crippen LogP contribution in [0.4, 0.5) is 5.82 Å². The fraction of sp³-hybridized carbons (Fsp3) is 0. The Morgan fingerprint density at radius 1 is 1.21 bits per heavy atom. The normalized spacial score (nSPS) is 9.95. The van der Waals surface area contributed by atoms with Crippen molar-refractivity contribution in [3.05, 3.63) is 52.4 Å². The quantitative estimate of drug-likeness (QED) is 0.904. The number of carboxylic acids is 1. The van der Waals surface area contributed by atoms with Gasteiger partial charge in [0.1, 0.15) is 5.82 Å². The highest BCUT2D eigenvalue weighted by Gasteiger charge is 2.09. The lowest BCUT2D eigenvalue weighted by Gasteiger charge is -2.05. The zero-order chi connectivity index (χ0) is 13.8. The maximum atomic E-state index is 11.9. The molecule has 2 N–H and O–H groups in total. The maximum absolute atomic E-state index is 11.9. The van der Waals surface area contributed by atoms with Crippen molar-refractivity contribution in [2.45, 2.75) is 0 Å². The lowest BCUT2D eigenvalue weighted by molar-refractivity contribution is 0.0696. The SMILES string of the molecule is O=C(O)c1ccnc(NC(=O)c2cncc(Br)c2)c1. The minimum absolute atomic E-state index is 0.0534. The molecule has 2 heterocycles. The molecule has 0 fully saturated rings. The molecular weight excluding hydrogens is 314 g/mol. The van der Waals surface area contributed by atoms with Crippen LogP contribution in [-0.2, 0) is 0 Å². The summed E-state index contributed by atoms with van der Waals surface area (Å²) in [5.74, 6) is -1.32. The van der Waals surface area contributed by atoms with Crippen molar-refractivity contribution in [2.75, 3.05) is 5.32 Å². The van der Waals surface area contributed by atoms with E-state index in [-0.39, 0.29) is 11.4 Å². The average molecular weight is 322 g/mol. The molecular formula is C12H8BrN3O3. The summed E-state index contributed by atoms with van der Waals surface area (Å²) in [6.07, 6.45) is 4.28. The number of hydrogen-bond acceptors (Lipinski definition) is 4. The van der Waals surface area contributed by atoms with Crippen LogP contribution in [0.2, 0.25) is 0 Å². The van der Waals surface area contributed by atoms with Gasteiger partial charge in [0.15, 0.2) is 0 Å². The number of aromatic nitrogens is 2. The summed E-state index contributed by atoms with van der Waals surface area (Å²) in [5, 5.41) is 11.3. The molecule has 0 spiro atoms. The van der Waals surface area contributed by atoms with Gasteiger partial charge in [0, 0.05) is 23.1 Å². The van der Waals surface area contributed by atoms with Crippen LogP contribution in [0.5, 0.6) is 0 Å². The minimum atomic E-state index is -1.08. The third-order valence-electron chi connectivity index (χ3n) is 2.22. The molecule has 0 atom stereocenters. The van der Waals surface area contributed by atoms with Crippen LogP contribution in [0.25, 0.3) is 0 Å². The predicted octanol–water partition coefficient (Wildman–Crippen LogP) is 2.19. The highest BCUT2D eigenvalue weighted by atomic mass is 79.9. The van der Waals surface area contributed by atoms with E-state index in [0.717, 1.165) is 0 Å². The van der Waals surface area contributed by atoms with Crippen molar-refractivity contribution in [3.63, 3.8) is 0 Å². The number of carboxylic acid groups (broad SMARTS) is 1. The summed E-state index contributed by atoms with van der Waals surface area (Å²) in [7, 11) is 0. The number of carbonyl (C=O) groups excluding carboxylic acids is 1. The Balaban J connectivity index is 2.19. The van der Waals surface area contributed by atoms with E-state index in [0.29, 0.717) is 10.0 Å². The van der Waals surface area contributed by atoms with Gasteiger partial charge in [-0.05, 0) is 34.1 Å². The van der Waals surface area contributed by atoms with E-state index in [1.54, 1.807) is 12.3 Å². The Labute approximate surface area is 116 Å². The van der Waals surface area contributed by atoms with Gasteiger partial charge >= 0.3 is 5.97 Å². The Morgan fingerprint density at radius 3 is 2.68 bits per heavy atom. The van der Waals surface area contributed by atoms with Gasteiger partial charge in [-0.3, -0.25) is 9.78 Å². The minimum Gasteiger partial charge on any atom is -0.478 e. The Kier molecular flexibility index (Phi) is 3.86. The standard InChI is InChI=1S/C12H8BrN3O3/c13-9-3-8(5-14-6-9)11(17)16-10-4-7(12(18)19)1-2-15-10/h1-6H,(H,18,19)(H,15,16,17). The summed E-state index contributed by atoms with van der Waals surface area (Å²) in [5.41, 5.74) is 0.398. The smallest absolute Gasteiger partial charge is 0.335 e. The second-order valence-electron chi connectivity index (χ2n) is 3.58. The molecule has 19 heavy (non-hydrogen) atoms. The summed E-state index contributed by atoms with van der Waals surface area (Å²) in [6, 6.07) is 4.23. The first-order valence-electron chi connectivity index (χ1n) is 5.17. The van der Waals surface area contributed by atoms with Crippen molar-refractivity contribution in [2.24, 2.45) is 0 Å². The molecule has 0 radical (unpaired) electrons. The first-order chi connectivity index (χ1) is 9.06. The maximum Gasteiger partial charge on any atom is 0.335 e. The molecule has 2 aromatic heterocycles. The predicted molar refractivity (Wildman–Crippen MR) is 71.1 cm³/mol. The highest BCUT2D eigenvalue weighted by Crippen LogP contribution is 2.12. The summed E-state index contributed by atoms with van der Waals surface area (Å²) in [6.45, 7) is 0. The Hall–Kier alpha value is -2.28. The molecule has 0 saturated heterocycles. The van der Waals surface area contributed by atoms with Gasteiger partial charge in [0.2, 0.25) is 0 Å². The molecule has 7 heteroatoms. The van der Waals surface area contributed by atoms with Crippen molar-refractivity contribution in [1.82, 2.24) is 9.97 Å². The van der Waals surface area contributed by atoms with Crippen molar-refractivity contribution in [1.29, 1.82) is 0 Å². The van der Waals surface area contributed by atoms with E-state index in [4.69, 9.17) is 5.11 Å². The van der Waals surface area contributed by atoms with E-state index in [1.165, 1.54) is 24.5 Å². The number of pyridine rings is 2. The number of anilines is 1. The molecule has 0 bridgehead atoms. The molecule has 0 aliphatic heterocycles. The van der Waals surface area contributed by atoms with Gasteiger partial charge in [-0.15, -0.1) is 0 Å². The molecule has 2 aromatic rings. The van der Waals surface area contributed by atoms with Gasteiger partial charge in [-0.1, -0.05) is 0 Å². The second-order valence-corrected chi connectivity index (χ2v) is 4.50. The lowest BCUT2D eigenvalue weighted by atomic mass is 10.2. The number of carbonyl (C=O) groups is 2. The number of aromatic carboxylic acids is 1. The molecule has 0 unspecified atom stereocenters. The fourth-order valence-electron chi connectivity index (χ4n) is 1.36. The van der Waals surface area contributed by atoms with Crippen LogP contribution < -0.4 is 5.32 Å². The molecule has 0 aromatic carbocycles. The monoisotopic (exact) mass is 321 g/mol. The number of halogens is 1. The average Bonchev–Trinajstić information content (AvgIpc) is 2.39. The molecule has 0 saturated carbocycles. The third-order valence-corrected chi connectivity index (χ3v) is 2.65.